The number of hydrogen-bond donors (Lipinski definition) is 1. The monoisotopic (exact) mass is 380 g/mol. The Labute approximate surface area is 159 Å². The molecule has 1 heterocycles. The molecule has 0 bridgehead atoms. The van der Waals surface area contributed by atoms with Crippen molar-refractivity contribution in [1.82, 2.24) is 9.80 Å². The number of ether oxygens (including phenoxy) is 1. The summed E-state index contributed by atoms with van der Waals surface area (Å²) in [5.74, 6) is -0.194. The van der Waals surface area contributed by atoms with E-state index < -0.39 is 0 Å². The number of carbonyl (C=O) groups excluding carboxylic acids is 2. The molecule has 142 valence electrons. The topological polar surface area (TPSA) is 70.1 Å². The normalized spacial score (nSPS) is 14.8. The van der Waals surface area contributed by atoms with Gasteiger partial charge in [0.05, 0.1) is 12.3 Å². The van der Waals surface area contributed by atoms with E-state index in [9.17, 15) is 9.59 Å². The molecule has 0 unspecified atom stereocenters. The number of carbonyl (C=O) groups is 2. The van der Waals surface area contributed by atoms with Crippen LogP contribution < -0.4 is 0 Å². The Kier molecular flexibility index (Phi) is 9.65. The number of piperazine rings is 1. The van der Waals surface area contributed by atoms with Crippen molar-refractivity contribution in [2.45, 2.75) is 13.5 Å². The molecule has 0 aliphatic carbocycles. The highest BCUT2D eigenvalue weighted by Crippen LogP contribution is 2.18. The van der Waals surface area contributed by atoms with Gasteiger partial charge in [-0.3, -0.25) is 9.59 Å². The van der Waals surface area contributed by atoms with Crippen LogP contribution in [0.4, 0.5) is 0 Å². The quantitative estimate of drug-likeness (QED) is 0.605. The molecule has 26 heavy (non-hydrogen) atoms. The Morgan fingerprint density at radius 1 is 1.35 bits per heavy atom. The van der Waals surface area contributed by atoms with Gasteiger partial charge in [0.2, 0.25) is 0 Å². The first-order chi connectivity index (χ1) is 12.5. The van der Waals surface area contributed by atoms with Crippen LogP contribution in [0.25, 0.3) is 0 Å². The highest BCUT2D eigenvalue weighted by Gasteiger charge is 2.26. The lowest BCUT2D eigenvalue weighted by Gasteiger charge is -2.35. The van der Waals surface area contributed by atoms with Gasteiger partial charge in [-0.1, -0.05) is 30.3 Å². The second-order valence-electron chi connectivity index (χ2n) is 5.55. The molecule has 0 radical (unpaired) electrons. The summed E-state index contributed by atoms with van der Waals surface area (Å²) in [6, 6.07) is 7.32. The van der Waals surface area contributed by atoms with Crippen LogP contribution in [0.3, 0.4) is 0 Å². The zero-order chi connectivity index (χ0) is 19.5. The van der Waals surface area contributed by atoms with Crippen molar-refractivity contribution in [1.29, 1.82) is 0 Å². The van der Waals surface area contributed by atoms with Gasteiger partial charge in [0, 0.05) is 50.1 Å². The summed E-state index contributed by atoms with van der Waals surface area (Å²) in [7, 11) is 1.68. The number of rotatable bonds is 6. The van der Waals surface area contributed by atoms with Gasteiger partial charge in [-0.25, -0.2) is 0 Å². The van der Waals surface area contributed by atoms with E-state index in [1.54, 1.807) is 29.0 Å². The van der Waals surface area contributed by atoms with E-state index in [2.05, 4.69) is 11.3 Å². The van der Waals surface area contributed by atoms with Gasteiger partial charge in [0.15, 0.2) is 0 Å². The lowest BCUT2D eigenvalue weighted by atomic mass is 10.1. The Morgan fingerprint density at radius 2 is 1.96 bits per heavy atom. The third kappa shape index (κ3) is 6.63. The molecule has 7 heteroatoms. The number of hydrogen-bond acceptors (Lipinski definition) is 5. The largest absolute Gasteiger partial charge is 0.391 e. The molecule has 1 aliphatic rings. The Bertz CT molecular complexity index is 641. The van der Waals surface area contributed by atoms with Gasteiger partial charge in [-0.15, -0.1) is 0 Å². The molecule has 0 spiro atoms. The molecule has 0 aromatic heterocycles. The van der Waals surface area contributed by atoms with Crippen LogP contribution in [0.5, 0.6) is 0 Å². The zero-order valence-electron chi connectivity index (χ0n) is 15.2. The second-order valence-corrected chi connectivity index (χ2v) is 5.99. The summed E-state index contributed by atoms with van der Waals surface area (Å²) in [5, 5.41) is 9.67. The SMILES string of the molecule is C=C1C(=O)N(Cc2ccc(Cl)cc2)CCN1/C=C(/C=O)CO.CCOC. The van der Waals surface area contributed by atoms with Crippen molar-refractivity contribution in [2.24, 2.45) is 0 Å². The van der Waals surface area contributed by atoms with E-state index in [0.29, 0.717) is 30.9 Å². The number of aliphatic hydroxyl groups is 1. The molecular weight excluding hydrogens is 356 g/mol. The predicted molar refractivity (Wildman–Crippen MR) is 101 cm³/mol. The average Bonchev–Trinajstić information content (AvgIpc) is 2.67. The van der Waals surface area contributed by atoms with E-state index in [1.165, 1.54) is 6.20 Å². The molecular formula is C19H25ClN2O4. The van der Waals surface area contributed by atoms with E-state index in [-0.39, 0.29) is 23.8 Å². The molecule has 2 rings (SSSR count). The minimum Gasteiger partial charge on any atom is -0.391 e. The van der Waals surface area contributed by atoms with Crippen molar-refractivity contribution in [3.8, 4) is 0 Å². The van der Waals surface area contributed by atoms with Gasteiger partial charge >= 0.3 is 0 Å². The molecule has 0 atom stereocenters. The van der Waals surface area contributed by atoms with E-state index in [0.717, 1.165) is 12.2 Å². The number of halogens is 1. The predicted octanol–water partition coefficient (Wildman–Crippen LogP) is 2.23. The molecule has 1 N–H and O–H groups in total. The first kappa shape index (κ1) is 21.9. The molecule has 6 nitrogen and oxygen atoms in total. The Hall–Kier alpha value is -2.15. The van der Waals surface area contributed by atoms with Crippen LogP contribution in [0, 0.1) is 0 Å². The maximum absolute atomic E-state index is 12.3. The zero-order valence-corrected chi connectivity index (χ0v) is 15.9. The van der Waals surface area contributed by atoms with Crippen LogP contribution in [-0.4, -0.2) is 60.5 Å². The third-order valence-corrected chi connectivity index (χ3v) is 3.97. The highest BCUT2D eigenvalue weighted by molar-refractivity contribution is 6.30. The van der Waals surface area contributed by atoms with Crippen molar-refractivity contribution in [3.05, 3.63) is 58.9 Å². The fourth-order valence-corrected chi connectivity index (χ4v) is 2.31. The molecule has 1 saturated heterocycles. The van der Waals surface area contributed by atoms with Crippen molar-refractivity contribution in [2.75, 3.05) is 33.4 Å². The number of aldehydes is 1. The first-order valence-electron chi connectivity index (χ1n) is 8.21. The van der Waals surface area contributed by atoms with E-state index in [4.69, 9.17) is 16.7 Å². The van der Waals surface area contributed by atoms with E-state index >= 15 is 0 Å². The van der Waals surface area contributed by atoms with Crippen molar-refractivity contribution < 1.29 is 19.4 Å². The Morgan fingerprint density at radius 3 is 2.46 bits per heavy atom. The van der Waals surface area contributed by atoms with Crippen LogP contribution in [0.2, 0.25) is 5.02 Å². The standard InChI is InChI=1S/C16H17ClN2O3.C3H8O/c1-12-16(22)19(8-13-2-4-15(17)5-3-13)7-6-18(12)9-14(10-20)11-21;1-3-4-2/h2-5,9-10,21H,1,6-8,11H2;3H2,1-2H3/b14-9-;. The number of nitrogens with zero attached hydrogens (tertiary/aromatic N) is 2. The van der Waals surface area contributed by atoms with Crippen LogP contribution in [-0.2, 0) is 20.9 Å². The van der Waals surface area contributed by atoms with Gasteiger partial charge in [0.25, 0.3) is 5.91 Å². The Balaban J connectivity index is 0.000000765. The van der Waals surface area contributed by atoms with Gasteiger partial charge in [-0.2, -0.15) is 0 Å². The average molecular weight is 381 g/mol. The molecule has 0 saturated carbocycles. The van der Waals surface area contributed by atoms with Crippen molar-refractivity contribution >= 4 is 23.8 Å². The molecule has 1 aromatic rings. The minimum absolute atomic E-state index is 0.194. The smallest absolute Gasteiger partial charge is 0.270 e. The molecule has 1 fully saturated rings. The fourth-order valence-electron chi connectivity index (χ4n) is 2.18. The number of aliphatic hydroxyl groups excluding tert-OH is 1. The minimum atomic E-state index is -0.365. The highest BCUT2D eigenvalue weighted by atomic mass is 35.5. The second kappa shape index (κ2) is 11.5. The van der Waals surface area contributed by atoms with Crippen LogP contribution in [0.1, 0.15) is 12.5 Å². The summed E-state index contributed by atoms with van der Waals surface area (Å²) in [6.07, 6.45) is 2.03. The molecule has 1 amide bonds. The summed E-state index contributed by atoms with van der Waals surface area (Å²) in [4.78, 5) is 26.4. The van der Waals surface area contributed by atoms with E-state index in [1.807, 2.05) is 19.1 Å². The first-order valence-corrected chi connectivity index (χ1v) is 8.59. The summed E-state index contributed by atoms with van der Waals surface area (Å²) < 4.78 is 4.54. The molecule has 1 aromatic carbocycles. The van der Waals surface area contributed by atoms with Gasteiger partial charge in [-0.05, 0) is 24.6 Å². The maximum Gasteiger partial charge on any atom is 0.270 e. The van der Waals surface area contributed by atoms with Gasteiger partial charge < -0.3 is 19.6 Å². The lowest BCUT2D eigenvalue weighted by Crippen LogP contribution is -2.46. The fraction of sp³-hybridized carbons (Fsp3) is 0.368. The van der Waals surface area contributed by atoms with Crippen LogP contribution in [0.15, 0.2) is 48.3 Å². The molecule has 1 aliphatic heterocycles. The number of benzene rings is 1. The van der Waals surface area contributed by atoms with Crippen LogP contribution >= 0.6 is 11.6 Å². The number of amides is 1. The van der Waals surface area contributed by atoms with Crippen molar-refractivity contribution in [3.63, 3.8) is 0 Å². The number of methoxy groups -OCH3 is 1. The third-order valence-electron chi connectivity index (χ3n) is 3.72. The maximum atomic E-state index is 12.3. The lowest BCUT2D eigenvalue weighted by molar-refractivity contribution is -0.131. The summed E-state index contributed by atoms with van der Waals surface area (Å²) in [6.45, 7) is 7.70. The summed E-state index contributed by atoms with van der Waals surface area (Å²) in [5.41, 5.74) is 1.48. The summed E-state index contributed by atoms with van der Waals surface area (Å²) >= 11 is 5.84. The van der Waals surface area contributed by atoms with Gasteiger partial charge in [0.1, 0.15) is 6.29 Å².